The van der Waals surface area contributed by atoms with Crippen molar-refractivity contribution in [3.05, 3.63) is 29.6 Å². The minimum atomic E-state index is -0.0569. The summed E-state index contributed by atoms with van der Waals surface area (Å²) in [6, 6.07) is 4.50. The average Bonchev–Trinajstić information content (AvgIpc) is 2.43. The maximum absolute atomic E-state index is 6.22. The smallest absolute Gasteiger partial charge is 0.0876 e. The summed E-state index contributed by atoms with van der Waals surface area (Å²) in [6.07, 6.45) is 8.12. The van der Waals surface area contributed by atoms with Crippen LogP contribution in [0.1, 0.15) is 56.3 Å². The highest BCUT2D eigenvalue weighted by Gasteiger charge is 2.40. The van der Waals surface area contributed by atoms with E-state index >= 15 is 0 Å². The zero-order valence-corrected chi connectivity index (χ0v) is 12.4. The molecular formula is C16H26N2O. The molecule has 1 heterocycles. The molecule has 1 fully saturated rings. The van der Waals surface area contributed by atoms with Crippen molar-refractivity contribution < 1.29 is 4.74 Å². The van der Waals surface area contributed by atoms with E-state index in [9.17, 15) is 0 Å². The number of rotatable bonds is 5. The van der Waals surface area contributed by atoms with Crippen molar-refractivity contribution in [1.82, 2.24) is 10.3 Å². The van der Waals surface area contributed by atoms with Gasteiger partial charge in [-0.15, -0.1) is 0 Å². The summed E-state index contributed by atoms with van der Waals surface area (Å²) < 4.78 is 6.22. The van der Waals surface area contributed by atoms with Gasteiger partial charge in [0.1, 0.15) is 0 Å². The molecule has 0 aliphatic heterocycles. The number of hydrogen-bond donors (Lipinski definition) is 1. The third-order valence-corrected chi connectivity index (χ3v) is 4.21. The van der Waals surface area contributed by atoms with Gasteiger partial charge in [0.15, 0.2) is 0 Å². The molecule has 0 saturated heterocycles. The molecule has 3 nitrogen and oxygen atoms in total. The molecule has 1 unspecified atom stereocenters. The molecule has 1 atom stereocenters. The van der Waals surface area contributed by atoms with Crippen molar-refractivity contribution >= 4 is 0 Å². The molecule has 106 valence electrons. The van der Waals surface area contributed by atoms with Gasteiger partial charge in [-0.05, 0) is 45.4 Å². The Morgan fingerprint density at radius 1 is 1.32 bits per heavy atom. The Morgan fingerprint density at radius 2 is 2.05 bits per heavy atom. The average molecular weight is 262 g/mol. The van der Waals surface area contributed by atoms with Crippen molar-refractivity contribution in [3.63, 3.8) is 0 Å². The van der Waals surface area contributed by atoms with Gasteiger partial charge in [0.05, 0.1) is 11.6 Å². The summed E-state index contributed by atoms with van der Waals surface area (Å²) in [5, 5.41) is 3.47. The highest BCUT2D eigenvalue weighted by atomic mass is 16.5. The van der Waals surface area contributed by atoms with E-state index in [4.69, 9.17) is 4.74 Å². The molecule has 1 aliphatic rings. The summed E-state index contributed by atoms with van der Waals surface area (Å²) in [7, 11) is 2.03. The van der Waals surface area contributed by atoms with Crippen molar-refractivity contribution in [2.24, 2.45) is 0 Å². The second-order valence-electron chi connectivity index (χ2n) is 5.51. The Bertz CT molecular complexity index is 377. The number of aryl methyl sites for hydroxylation is 1. The quantitative estimate of drug-likeness (QED) is 0.883. The maximum atomic E-state index is 6.22. The lowest BCUT2D eigenvalue weighted by molar-refractivity contribution is -0.0899. The SMILES string of the molecule is CCOC1(C(NC)c2ccc(C)nc2)CCCCC1. The topological polar surface area (TPSA) is 34.1 Å². The molecule has 0 amide bonds. The fourth-order valence-corrected chi connectivity index (χ4v) is 3.34. The minimum Gasteiger partial charge on any atom is -0.373 e. The van der Waals surface area contributed by atoms with Crippen LogP contribution in [0, 0.1) is 6.92 Å². The Kier molecular flexibility index (Phi) is 4.94. The molecule has 0 bridgehead atoms. The van der Waals surface area contributed by atoms with E-state index in [-0.39, 0.29) is 11.6 Å². The van der Waals surface area contributed by atoms with Crippen LogP contribution in [0.5, 0.6) is 0 Å². The first-order valence-electron chi connectivity index (χ1n) is 7.45. The first-order valence-corrected chi connectivity index (χ1v) is 7.45. The highest BCUT2D eigenvalue weighted by molar-refractivity contribution is 5.21. The minimum absolute atomic E-state index is 0.0569. The lowest BCUT2D eigenvalue weighted by atomic mass is 9.77. The fourth-order valence-electron chi connectivity index (χ4n) is 3.34. The maximum Gasteiger partial charge on any atom is 0.0876 e. The summed E-state index contributed by atoms with van der Waals surface area (Å²) >= 11 is 0. The van der Waals surface area contributed by atoms with Gasteiger partial charge in [0, 0.05) is 18.5 Å². The van der Waals surface area contributed by atoms with Gasteiger partial charge >= 0.3 is 0 Å². The fraction of sp³-hybridized carbons (Fsp3) is 0.688. The standard InChI is InChI=1S/C16H26N2O/c1-4-19-16(10-6-5-7-11-16)15(17-3)14-9-8-13(2)18-12-14/h8-9,12,15,17H,4-7,10-11H2,1-3H3. The van der Waals surface area contributed by atoms with Crippen LogP contribution in [0.4, 0.5) is 0 Å². The lowest BCUT2D eigenvalue weighted by Gasteiger charge is -2.43. The van der Waals surface area contributed by atoms with Crippen LogP contribution in [-0.4, -0.2) is 24.2 Å². The molecule has 1 aromatic rings. The summed E-state index contributed by atoms with van der Waals surface area (Å²) in [4.78, 5) is 4.44. The first kappa shape index (κ1) is 14.5. The van der Waals surface area contributed by atoms with Crippen LogP contribution in [0.15, 0.2) is 18.3 Å². The summed E-state index contributed by atoms with van der Waals surface area (Å²) in [5.41, 5.74) is 2.25. The third-order valence-electron chi connectivity index (χ3n) is 4.21. The lowest BCUT2D eigenvalue weighted by Crippen LogP contribution is -2.46. The number of hydrogen-bond acceptors (Lipinski definition) is 3. The second kappa shape index (κ2) is 6.49. The van der Waals surface area contributed by atoms with Gasteiger partial charge in [-0.25, -0.2) is 0 Å². The number of nitrogens with one attached hydrogen (secondary N) is 1. The number of likely N-dealkylation sites (N-methyl/N-ethyl adjacent to an activating group) is 1. The van der Waals surface area contributed by atoms with Gasteiger partial charge < -0.3 is 10.1 Å². The molecule has 0 radical (unpaired) electrons. The molecule has 2 rings (SSSR count). The van der Waals surface area contributed by atoms with Crippen LogP contribution in [0.3, 0.4) is 0 Å². The normalized spacial score (nSPS) is 20.2. The molecule has 0 aromatic carbocycles. The Labute approximate surface area is 116 Å². The van der Waals surface area contributed by atoms with Crippen molar-refractivity contribution in [3.8, 4) is 0 Å². The van der Waals surface area contributed by atoms with E-state index < -0.39 is 0 Å². The molecule has 19 heavy (non-hydrogen) atoms. The molecule has 1 saturated carbocycles. The Balaban J connectivity index is 2.28. The molecular weight excluding hydrogens is 236 g/mol. The van der Waals surface area contributed by atoms with Crippen LogP contribution in [0.2, 0.25) is 0 Å². The Hall–Kier alpha value is -0.930. The highest BCUT2D eigenvalue weighted by Crippen LogP contribution is 2.41. The van der Waals surface area contributed by atoms with Gasteiger partial charge in [-0.2, -0.15) is 0 Å². The van der Waals surface area contributed by atoms with Crippen LogP contribution >= 0.6 is 0 Å². The van der Waals surface area contributed by atoms with Crippen molar-refractivity contribution in [1.29, 1.82) is 0 Å². The van der Waals surface area contributed by atoms with E-state index in [1.807, 2.05) is 20.2 Å². The third kappa shape index (κ3) is 3.15. The summed E-state index contributed by atoms with van der Waals surface area (Å²) in [6.45, 7) is 4.89. The molecule has 0 spiro atoms. The molecule has 1 N–H and O–H groups in total. The predicted octanol–water partition coefficient (Wildman–Crippen LogP) is 3.39. The van der Waals surface area contributed by atoms with Crippen LogP contribution in [0.25, 0.3) is 0 Å². The van der Waals surface area contributed by atoms with Gasteiger partial charge in [0.25, 0.3) is 0 Å². The molecule has 1 aromatic heterocycles. The number of aromatic nitrogens is 1. The van der Waals surface area contributed by atoms with E-state index in [0.29, 0.717) is 0 Å². The van der Waals surface area contributed by atoms with E-state index in [1.54, 1.807) is 0 Å². The van der Waals surface area contributed by atoms with Gasteiger partial charge in [-0.3, -0.25) is 4.98 Å². The van der Waals surface area contributed by atoms with E-state index in [1.165, 1.54) is 24.8 Å². The number of pyridine rings is 1. The van der Waals surface area contributed by atoms with E-state index in [2.05, 4.69) is 29.4 Å². The van der Waals surface area contributed by atoms with E-state index in [0.717, 1.165) is 25.1 Å². The van der Waals surface area contributed by atoms with Crippen molar-refractivity contribution in [2.75, 3.05) is 13.7 Å². The molecule has 3 heteroatoms. The number of ether oxygens (including phenoxy) is 1. The predicted molar refractivity (Wildman–Crippen MR) is 78.2 cm³/mol. The van der Waals surface area contributed by atoms with Crippen LogP contribution in [-0.2, 0) is 4.74 Å². The van der Waals surface area contributed by atoms with Crippen LogP contribution < -0.4 is 5.32 Å². The van der Waals surface area contributed by atoms with Gasteiger partial charge in [-0.1, -0.05) is 25.3 Å². The zero-order valence-electron chi connectivity index (χ0n) is 12.4. The summed E-state index contributed by atoms with van der Waals surface area (Å²) in [5.74, 6) is 0. The second-order valence-corrected chi connectivity index (χ2v) is 5.51. The molecule has 1 aliphatic carbocycles. The van der Waals surface area contributed by atoms with Crippen molar-refractivity contribution in [2.45, 2.75) is 57.6 Å². The largest absolute Gasteiger partial charge is 0.373 e. The number of nitrogens with zero attached hydrogens (tertiary/aromatic N) is 1. The monoisotopic (exact) mass is 262 g/mol. The zero-order chi connectivity index (χ0) is 13.7. The first-order chi connectivity index (χ1) is 9.22. The van der Waals surface area contributed by atoms with Gasteiger partial charge in [0.2, 0.25) is 0 Å². The Morgan fingerprint density at radius 3 is 2.58 bits per heavy atom.